The van der Waals surface area contributed by atoms with Crippen molar-refractivity contribution in [1.29, 1.82) is 0 Å². The summed E-state index contributed by atoms with van der Waals surface area (Å²) in [6.07, 6.45) is 3.55. The number of aromatic nitrogens is 2. The van der Waals surface area contributed by atoms with Gasteiger partial charge in [-0.15, -0.1) is 0 Å². The second-order valence-corrected chi connectivity index (χ2v) is 3.73. The normalized spacial score (nSPS) is 10.7. The maximum absolute atomic E-state index is 13.6. The van der Waals surface area contributed by atoms with E-state index < -0.39 is 0 Å². The number of rotatable bonds is 3. The van der Waals surface area contributed by atoms with Crippen molar-refractivity contribution >= 4 is 0 Å². The third-order valence-electron chi connectivity index (χ3n) is 2.61. The molecule has 84 valence electrons. The lowest BCUT2D eigenvalue weighted by Gasteiger charge is -2.08. The van der Waals surface area contributed by atoms with Crippen LogP contribution in [0.1, 0.15) is 17.0 Å². The lowest BCUT2D eigenvalue weighted by molar-refractivity contribution is 0.596. The first-order valence-electron chi connectivity index (χ1n) is 5.16. The van der Waals surface area contributed by atoms with Gasteiger partial charge in [0.05, 0.1) is 6.54 Å². The van der Waals surface area contributed by atoms with Crippen molar-refractivity contribution < 1.29 is 4.39 Å². The van der Waals surface area contributed by atoms with Crippen LogP contribution in [0, 0.1) is 12.7 Å². The second kappa shape index (κ2) is 4.45. The molecule has 0 bridgehead atoms. The zero-order valence-electron chi connectivity index (χ0n) is 9.15. The van der Waals surface area contributed by atoms with Gasteiger partial charge >= 0.3 is 0 Å². The number of hydrogen-bond acceptors (Lipinski definition) is 2. The van der Waals surface area contributed by atoms with E-state index in [1.165, 1.54) is 6.07 Å². The Morgan fingerprint density at radius 3 is 2.88 bits per heavy atom. The number of nitrogens with zero attached hydrogens (tertiary/aromatic N) is 2. The van der Waals surface area contributed by atoms with E-state index in [0.717, 1.165) is 11.4 Å². The van der Waals surface area contributed by atoms with E-state index in [-0.39, 0.29) is 5.82 Å². The molecule has 1 aromatic heterocycles. The summed E-state index contributed by atoms with van der Waals surface area (Å²) >= 11 is 0. The van der Waals surface area contributed by atoms with Crippen LogP contribution < -0.4 is 5.73 Å². The number of hydrogen-bond donors (Lipinski definition) is 1. The molecule has 0 saturated heterocycles. The molecule has 2 rings (SSSR count). The first-order chi connectivity index (χ1) is 7.70. The van der Waals surface area contributed by atoms with Gasteiger partial charge in [0.25, 0.3) is 0 Å². The number of halogens is 1. The number of benzene rings is 1. The summed E-state index contributed by atoms with van der Waals surface area (Å²) < 4.78 is 15.5. The fourth-order valence-corrected chi connectivity index (χ4v) is 1.63. The highest BCUT2D eigenvalue weighted by atomic mass is 19.1. The first-order valence-corrected chi connectivity index (χ1v) is 5.16. The standard InChI is InChI=1S/C12H14FN3/c1-9-15-4-5-16(9)8-11-6-10(7-14)2-3-12(11)13/h2-6H,7-8,14H2,1H3. The molecule has 4 heteroatoms. The highest BCUT2D eigenvalue weighted by Crippen LogP contribution is 2.12. The van der Waals surface area contributed by atoms with Gasteiger partial charge < -0.3 is 10.3 Å². The minimum atomic E-state index is -0.203. The maximum atomic E-state index is 13.6. The van der Waals surface area contributed by atoms with E-state index in [0.29, 0.717) is 18.7 Å². The van der Waals surface area contributed by atoms with E-state index in [1.54, 1.807) is 18.3 Å². The molecule has 1 aromatic carbocycles. The molecule has 0 fully saturated rings. The third-order valence-corrected chi connectivity index (χ3v) is 2.61. The lowest BCUT2D eigenvalue weighted by atomic mass is 10.1. The molecule has 0 aliphatic carbocycles. The van der Waals surface area contributed by atoms with Crippen LogP contribution in [0.2, 0.25) is 0 Å². The molecule has 3 nitrogen and oxygen atoms in total. The Morgan fingerprint density at radius 1 is 1.44 bits per heavy atom. The van der Waals surface area contributed by atoms with Crippen LogP contribution in [-0.4, -0.2) is 9.55 Å². The molecule has 0 aliphatic heterocycles. The fraction of sp³-hybridized carbons (Fsp3) is 0.250. The molecule has 2 N–H and O–H groups in total. The van der Waals surface area contributed by atoms with Crippen LogP contribution in [0.5, 0.6) is 0 Å². The van der Waals surface area contributed by atoms with Gasteiger partial charge in [-0.2, -0.15) is 0 Å². The first kappa shape index (κ1) is 10.8. The molecule has 0 unspecified atom stereocenters. The van der Waals surface area contributed by atoms with Gasteiger partial charge in [-0.05, 0) is 24.6 Å². The van der Waals surface area contributed by atoms with Crippen molar-refractivity contribution in [3.63, 3.8) is 0 Å². The van der Waals surface area contributed by atoms with E-state index in [9.17, 15) is 4.39 Å². The number of nitrogens with two attached hydrogens (primary N) is 1. The molecule has 0 saturated carbocycles. The molecule has 0 aliphatic rings. The molecule has 0 amide bonds. The Balaban J connectivity index is 2.30. The lowest BCUT2D eigenvalue weighted by Crippen LogP contribution is -2.05. The van der Waals surface area contributed by atoms with Crippen LogP contribution in [0.4, 0.5) is 4.39 Å². The Kier molecular flexibility index (Phi) is 3.01. The molecule has 1 heterocycles. The summed E-state index contributed by atoms with van der Waals surface area (Å²) in [5.41, 5.74) is 7.11. The van der Waals surface area contributed by atoms with E-state index in [1.807, 2.05) is 17.7 Å². The van der Waals surface area contributed by atoms with Gasteiger partial charge in [-0.25, -0.2) is 9.37 Å². The summed E-state index contributed by atoms with van der Waals surface area (Å²) in [4.78, 5) is 4.10. The van der Waals surface area contributed by atoms with Crippen molar-refractivity contribution in [3.05, 3.63) is 53.4 Å². The molecule has 0 spiro atoms. The Bertz CT molecular complexity index is 491. The van der Waals surface area contributed by atoms with Gasteiger partial charge in [0, 0.05) is 24.5 Å². The third kappa shape index (κ3) is 2.12. The largest absolute Gasteiger partial charge is 0.331 e. The molecular weight excluding hydrogens is 205 g/mol. The van der Waals surface area contributed by atoms with Crippen molar-refractivity contribution in [2.24, 2.45) is 5.73 Å². The summed E-state index contributed by atoms with van der Waals surface area (Å²) in [7, 11) is 0. The summed E-state index contributed by atoms with van der Waals surface area (Å²) in [6, 6.07) is 4.97. The Labute approximate surface area is 93.7 Å². The molecule has 0 radical (unpaired) electrons. The van der Waals surface area contributed by atoms with Crippen molar-refractivity contribution in [2.45, 2.75) is 20.0 Å². The maximum Gasteiger partial charge on any atom is 0.128 e. The predicted molar refractivity (Wildman–Crippen MR) is 60.4 cm³/mol. The van der Waals surface area contributed by atoms with Crippen LogP contribution >= 0.6 is 0 Å². The van der Waals surface area contributed by atoms with Crippen LogP contribution in [0.3, 0.4) is 0 Å². The van der Waals surface area contributed by atoms with Gasteiger partial charge in [-0.1, -0.05) is 6.07 Å². The van der Waals surface area contributed by atoms with Gasteiger partial charge in [0.2, 0.25) is 0 Å². The van der Waals surface area contributed by atoms with Crippen molar-refractivity contribution in [1.82, 2.24) is 9.55 Å². The molecule has 0 atom stereocenters. The minimum Gasteiger partial charge on any atom is -0.331 e. The van der Waals surface area contributed by atoms with Crippen molar-refractivity contribution in [3.8, 4) is 0 Å². The van der Waals surface area contributed by atoms with Gasteiger partial charge in [0.15, 0.2) is 0 Å². The second-order valence-electron chi connectivity index (χ2n) is 3.73. The summed E-state index contributed by atoms with van der Waals surface area (Å²) in [6.45, 7) is 2.81. The Morgan fingerprint density at radius 2 is 2.25 bits per heavy atom. The summed E-state index contributed by atoms with van der Waals surface area (Å²) in [5.74, 6) is 0.669. The topological polar surface area (TPSA) is 43.8 Å². The van der Waals surface area contributed by atoms with E-state index in [2.05, 4.69) is 4.98 Å². The van der Waals surface area contributed by atoms with E-state index in [4.69, 9.17) is 5.73 Å². The van der Waals surface area contributed by atoms with Crippen LogP contribution in [0.25, 0.3) is 0 Å². The van der Waals surface area contributed by atoms with Crippen molar-refractivity contribution in [2.75, 3.05) is 0 Å². The molecule has 2 aromatic rings. The SMILES string of the molecule is Cc1nccn1Cc1cc(CN)ccc1F. The van der Waals surface area contributed by atoms with Gasteiger partial charge in [-0.3, -0.25) is 0 Å². The average molecular weight is 219 g/mol. The fourth-order valence-electron chi connectivity index (χ4n) is 1.63. The minimum absolute atomic E-state index is 0.203. The summed E-state index contributed by atoms with van der Waals surface area (Å²) in [5, 5.41) is 0. The zero-order valence-corrected chi connectivity index (χ0v) is 9.15. The average Bonchev–Trinajstić information content (AvgIpc) is 2.68. The monoisotopic (exact) mass is 219 g/mol. The smallest absolute Gasteiger partial charge is 0.128 e. The number of aryl methyl sites for hydroxylation is 1. The quantitative estimate of drug-likeness (QED) is 0.856. The predicted octanol–water partition coefficient (Wildman–Crippen LogP) is 1.84. The molecular formula is C12H14FN3. The Hall–Kier alpha value is -1.68. The van der Waals surface area contributed by atoms with Crippen LogP contribution in [0.15, 0.2) is 30.6 Å². The van der Waals surface area contributed by atoms with Crippen LogP contribution in [-0.2, 0) is 13.1 Å². The van der Waals surface area contributed by atoms with E-state index >= 15 is 0 Å². The zero-order chi connectivity index (χ0) is 11.5. The highest BCUT2D eigenvalue weighted by molar-refractivity contribution is 5.25. The number of imidazole rings is 1. The van der Waals surface area contributed by atoms with Gasteiger partial charge in [0.1, 0.15) is 11.6 Å². The highest BCUT2D eigenvalue weighted by Gasteiger charge is 2.05. The molecule has 16 heavy (non-hydrogen) atoms.